The van der Waals surface area contributed by atoms with Crippen molar-refractivity contribution in [2.75, 3.05) is 20.6 Å². The molecule has 0 amide bonds. The molecule has 0 saturated carbocycles. The van der Waals surface area contributed by atoms with Crippen LogP contribution in [0.15, 0.2) is 46.0 Å². The van der Waals surface area contributed by atoms with Crippen molar-refractivity contribution in [1.82, 2.24) is 9.62 Å². The van der Waals surface area contributed by atoms with E-state index in [4.69, 9.17) is 0 Å². The third-order valence-corrected chi connectivity index (χ3v) is 5.30. The molecule has 1 aromatic carbocycles. The first-order valence-corrected chi connectivity index (χ1v) is 8.77. The molecule has 0 aliphatic rings. The summed E-state index contributed by atoms with van der Waals surface area (Å²) in [5.74, 6) is -0.748. The summed E-state index contributed by atoms with van der Waals surface area (Å²) >= 11 is 1.55. The van der Waals surface area contributed by atoms with Gasteiger partial charge in [-0.2, -0.15) is 11.3 Å². The third-order valence-electron chi connectivity index (χ3n) is 3.14. The third kappa shape index (κ3) is 3.88. The summed E-state index contributed by atoms with van der Waals surface area (Å²) in [5.41, 5.74) is 1.03. The number of halogens is 1. The number of nitrogens with zero attached hydrogens (tertiary/aromatic N) is 1. The van der Waals surface area contributed by atoms with Gasteiger partial charge in [0.2, 0.25) is 10.0 Å². The fourth-order valence-electron chi connectivity index (χ4n) is 1.99. The second-order valence-corrected chi connectivity index (χ2v) is 7.33. The van der Waals surface area contributed by atoms with Gasteiger partial charge in [0, 0.05) is 12.6 Å². The zero-order valence-electron chi connectivity index (χ0n) is 11.8. The van der Waals surface area contributed by atoms with Gasteiger partial charge in [0.25, 0.3) is 0 Å². The Labute approximate surface area is 128 Å². The average Bonchev–Trinajstić information content (AvgIpc) is 2.92. The Morgan fingerprint density at radius 2 is 2.00 bits per heavy atom. The Balaban J connectivity index is 2.16. The smallest absolute Gasteiger partial charge is 0.243 e. The van der Waals surface area contributed by atoms with Gasteiger partial charge in [0.15, 0.2) is 0 Å². The van der Waals surface area contributed by atoms with Crippen LogP contribution >= 0.6 is 11.3 Å². The molecule has 1 heterocycles. The quantitative estimate of drug-likeness (QED) is 0.886. The minimum atomic E-state index is -3.86. The van der Waals surface area contributed by atoms with Gasteiger partial charge >= 0.3 is 0 Å². The minimum Gasteiger partial charge on any atom is -0.301 e. The topological polar surface area (TPSA) is 49.4 Å². The number of thiophene rings is 1. The van der Waals surface area contributed by atoms with Crippen molar-refractivity contribution in [3.05, 3.63) is 52.5 Å². The molecular formula is C14H17FN2O2S2. The lowest BCUT2D eigenvalue weighted by Gasteiger charge is -2.24. The van der Waals surface area contributed by atoms with Crippen LogP contribution in [0.3, 0.4) is 0 Å². The molecule has 0 saturated heterocycles. The lowest BCUT2D eigenvalue weighted by Crippen LogP contribution is -2.34. The van der Waals surface area contributed by atoms with E-state index in [2.05, 4.69) is 4.72 Å². The molecular weight excluding hydrogens is 311 g/mol. The second-order valence-electron chi connectivity index (χ2n) is 4.82. The predicted octanol–water partition coefficient (Wildman–Crippen LogP) is 2.47. The fraction of sp³-hybridized carbons (Fsp3) is 0.286. The first-order chi connectivity index (χ1) is 9.92. The molecule has 0 aliphatic carbocycles. The van der Waals surface area contributed by atoms with Gasteiger partial charge in [-0.1, -0.05) is 12.1 Å². The van der Waals surface area contributed by atoms with Crippen molar-refractivity contribution in [3.8, 4) is 0 Å². The number of benzene rings is 1. The number of nitrogens with one attached hydrogen (secondary N) is 1. The van der Waals surface area contributed by atoms with E-state index in [9.17, 15) is 12.8 Å². The highest BCUT2D eigenvalue weighted by molar-refractivity contribution is 7.89. The SMILES string of the molecule is CN(C)[C@@H](CNS(=O)(=O)c1ccccc1F)c1ccsc1. The van der Waals surface area contributed by atoms with E-state index < -0.39 is 15.8 Å². The molecule has 114 valence electrons. The molecule has 21 heavy (non-hydrogen) atoms. The minimum absolute atomic E-state index is 0.0993. The average molecular weight is 328 g/mol. The standard InChI is InChI=1S/C14H17FN2O2S2/c1-17(2)13(11-7-8-20-10-11)9-16-21(18,19)14-6-4-3-5-12(14)15/h3-8,10,13,16H,9H2,1-2H3/t13-/m0/s1. The fourth-order valence-corrected chi connectivity index (χ4v) is 3.81. The van der Waals surface area contributed by atoms with Crippen LogP contribution in [0.5, 0.6) is 0 Å². The number of rotatable bonds is 6. The summed E-state index contributed by atoms with van der Waals surface area (Å²) in [6.07, 6.45) is 0. The van der Waals surface area contributed by atoms with Crippen LogP contribution in [-0.4, -0.2) is 34.0 Å². The van der Waals surface area contributed by atoms with Crippen molar-refractivity contribution in [1.29, 1.82) is 0 Å². The largest absolute Gasteiger partial charge is 0.301 e. The number of hydrogen-bond acceptors (Lipinski definition) is 4. The van der Waals surface area contributed by atoms with E-state index in [1.165, 1.54) is 18.2 Å². The lowest BCUT2D eigenvalue weighted by molar-refractivity contribution is 0.300. The van der Waals surface area contributed by atoms with Crippen LogP contribution in [0.2, 0.25) is 0 Å². The van der Waals surface area contributed by atoms with Crippen LogP contribution in [0, 0.1) is 5.82 Å². The van der Waals surface area contributed by atoms with Crippen molar-refractivity contribution in [2.45, 2.75) is 10.9 Å². The molecule has 1 atom stereocenters. The van der Waals surface area contributed by atoms with E-state index in [-0.39, 0.29) is 17.5 Å². The normalized spacial score (nSPS) is 13.5. The molecule has 1 aromatic heterocycles. The van der Waals surface area contributed by atoms with Crippen LogP contribution in [-0.2, 0) is 10.0 Å². The summed E-state index contributed by atoms with van der Waals surface area (Å²) in [5, 5.41) is 3.92. The molecule has 2 rings (SSSR count). The van der Waals surface area contributed by atoms with Crippen LogP contribution in [0.25, 0.3) is 0 Å². The summed E-state index contributed by atoms with van der Waals surface area (Å²) in [6.45, 7) is 0.181. The lowest BCUT2D eigenvalue weighted by atomic mass is 10.1. The van der Waals surface area contributed by atoms with Crippen molar-refractivity contribution in [3.63, 3.8) is 0 Å². The van der Waals surface area contributed by atoms with Crippen LogP contribution in [0.4, 0.5) is 4.39 Å². The second kappa shape index (κ2) is 6.65. The van der Waals surface area contributed by atoms with E-state index >= 15 is 0 Å². The first kappa shape index (κ1) is 16.1. The summed E-state index contributed by atoms with van der Waals surface area (Å²) in [7, 11) is -0.109. The van der Waals surface area contributed by atoms with E-state index in [1.807, 2.05) is 35.8 Å². The Bertz CT molecular complexity index is 685. The van der Waals surface area contributed by atoms with Gasteiger partial charge in [-0.15, -0.1) is 0 Å². The molecule has 0 radical (unpaired) electrons. The summed E-state index contributed by atoms with van der Waals surface area (Å²) in [6, 6.07) is 7.21. The molecule has 1 N–H and O–H groups in total. The Hall–Kier alpha value is -1.28. The maximum atomic E-state index is 13.6. The molecule has 0 bridgehead atoms. The molecule has 2 aromatic rings. The number of sulfonamides is 1. The molecule has 7 heteroatoms. The Morgan fingerprint density at radius 3 is 2.57 bits per heavy atom. The monoisotopic (exact) mass is 328 g/mol. The van der Waals surface area contributed by atoms with E-state index in [0.717, 1.165) is 11.6 Å². The number of likely N-dealkylation sites (N-methyl/N-ethyl adjacent to an activating group) is 1. The Morgan fingerprint density at radius 1 is 1.29 bits per heavy atom. The first-order valence-electron chi connectivity index (χ1n) is 6.34. The predicted molar refractivity (Wildman–Crippen MR) is 82.3 cm³/mol. The molecule has 0 fully saturated rings. The molecule has 4 nitrogen and oxygen atoms in total. The molecule has 0 spiro atoms. The maximum Gasteiger partial charge on any atom is 0.243 e. The highest BCUT2D eigenvalue weighted by Crippen LogP contribution is 2.21. The van der Waals surface area contributed by atoms with Gasteiger partial charge in [-0.05, 0) is 48.6 Å². The van der Waals surface area contributed by atoms with E-state index in [0.29, 0.717) is 0 Å². The van der Waals surface area contributed by atoms with Gasteiger partial charge < -0.3 is 4.90 Å². The van der Waals surface area contributed by atoms with Gasteiger partial charge in [0.1, 0.15) is 10.7 Å². The maximum absolute atomic E-state index is 13.6. The zero-order valence-corrected chi connectivity index (χ0v) is 13.4. The van der Waals surface area contributed by atoms with Crippen molar-refractivity contribution in [2.24, 2.45) is 0 Å². The molecule has 0 aliphatic heterocycles. The summed E-state index contributed by atoms with van der Waals surface area (Å²) in [4.78, 5) is 1.60. The highest BCUT2D eigenvalue weighted by atomic mass is 32.2. The van der Waals surface area contributed by atoms with E-state index in [1.54, 1.807) is 11.3 Å². The van der Waals surface area contributed by atoms with Crippen molar-refractivity contribution < 1.29 is 12.8 Å². The van der Waals surface area contributed by atoms with Gasteiger partial charge in [-0.25, -0.2) is 17.5 Å². The Kier molecular flexibility index (Phi) is 5.10. The highest BCUT2D eigenvalue weighted by Gasteiger charge is 2.22. The number of hydrogen-bond donors (Lipinski definition) is 1. The summed E-state index contributed by atoms with van der Waals surface area (Å²) < 4.78 is 40.5. The van der Waals surface area contributed by atoms with Crippen LogP contribution in [0.1, 0.15) is 11.6 Å². The molecule has 0 unspecified atom stereocenters. The zero-order chi connectivity index (χ0) is 15.5. The van der Waals surface area contributed by atoms with Crippen molar-refractivity contribution >= 4 is 21.4 Å². The van der Waals surface area contributed by atoms with Gasteiger partial charge in [0.05, 0.1) is 0 Å². The van der Waals surface area contributed by atoms with Crippen LogP contribution < -0.4 is 4.72 Å². The van der Waals surface area contributed by atoms with Gasteiger partial charge in [-0.3, -0.25) is 0 Å².